The third-order valence-corrected chi connectivity index (χ3v) is 5.10. The van der Waals surface area contributed by atoms with Crippen molar-refractivity contribution in [2.75, 3.05) is 51.5 Å². The maximum Gasteiger partial charge on any atom is 0.255 e. The quantitative estimate of drug-likeness (QED) is 0.273. The van der Waals surface area contributed by atoms with E-state index < -0.39 is 11.9 Å². The average Bonchev–Trinajstić information content (AvgIpc) is 3.10. The van der Waals surface area contributed by atoms with Gasteiger partial charge in [0.15, 0.2) is 0 Å². The van der Waals surface area contributed by atoms with E-state index >= 15 is 0 Å². The van der Waals surface area contributed by atoms with Gasteiger partial charge in [-0.15, -0.1) is 12.4 Å². The lowest BCUT2D eigenvalue weighted by atomic mass is 10.0. The van der Waals surface area contributed by atoms with E-state index in [2.05, 4.69) is 10.6 Å². The molecular weight excluding hydrogens is 456 g/mol. The Bertz CT molecular complexity index is 867. The van der Waals surface area contributed by atoms with Gasteiger partial charge in [-0.05, 0) is 18.6 Å². The third-order valence-electron chi connectivity index (χ3n) is 5.10. The number of benzene rings is 1. The number of carbonyl (C=O) groups excluding carboxylic acids is 4. The number of rotatable bonds is 12. The predicted octanol–water partition coefficient (Wildman–Crippen LogP) is -0.184. The van der Waals surface area contributed by atoms with Crippen molar-refractivity contribution in [1.82, 2.24) is 10.2 Å². The minimum absolute atomic E-state index is 0. The van der Waals surface area contributed by atoms with E-state index in [9.17, 15) is 19.2 Å². The zero-order valence-electron chi connectivity index (χ0n) is 18.2. The van der Waals surface area contributed by atoms with Gasteiger partial charge in [0.25, 0.3) is 5.91 Å². The van der Waals surface area contributed by atoms with Crippen LogP contribution in [0.5, 0.6) is 0 Å². The first-order valence-electron chi connectivity index (χ1n) is 10.5. The highest BCUT2D eigenvalue weighted by Gasteiger charge is 2.39. The smallest absolute Gasteiger partial charge is 0.255 e. The molecule has 2 aliphatic heterocycles. The summed E-state index contributed by atoms with van der Waals surface area (Å²) in [6.07, 6.45) is 0.461. The first kappa shape index (κ1) is 26.7. The second-order valence-corrected chi connectivity index (χ2v) is 7.35. The van der Waals surface area contributed by atoms with E-state index in [0.717, 1.165) is 0 Å². The minimum Gasteiger partial charge on any atom is -0.378 e. The standard InChI is InChI=1S/C21H28N4O7.ClH/c22-6-7-30-8-9-31-10-11-32-13-19(27)23-16-3-1-2-14-15(16)12-25(21(14)29)17-4-5-18(26)24-20(17)28;/h1-3,17H,4-13,22H2,(H,23,27)(H,24,26,28);1H. The second-order valence-electron chi connectivity index (χ2n) is 7.35. The molecule has 3 rings (SSSR count). The molecule has 1 aromatic rings. The number of nitrogens with one attached hydrogen (secondary N) is 2. The molecule has 0 radical (unpaired) electrons. The number of piperidine rings is 1. The zero-order valence-corrected chi connectivity index (χ0v) is 19.0. The Hall–Kier alpha value is -2.57. The summed E-state index contributed by atoms with van der Waals surface area (Å²) in [5.41, 5.74) is 6.87. The molecule has 1 saturated heterocycles. The van der Waals surface area contributed by atoms with Crippen LogP contribution in [0, 0.1) is 0 Å². The van der Waals surface area contributed by atoms with E-state index in [1.807, 2.05) is 0 Å². The van der Waals surface area contributed by atoms with Crippen LogP contribution < -0.4 is 16.4 Å². The summed E-state index contributed by atoms with van der Waals surface area (Å²) in [5.74, 6) is -1.48. The van der Waals surface area contributed by atoms with Crippen LogP contribution in [-0.2, 0) is 35.1 Å². The molecule has 1 unspecified atom stereocenters. The summed E-state index contributed by atoms with van der Waals surface area (Å²) < 4.78 is 15.8. The summed E-state index contributed by atoms with van der Waals surface area (Å²) in [6, 6.07) is 4.31. The van der Waals surface area contributed by atoms with Gasteiger partial charge >= 0.3 is 0 Å². The third kappa shape index (κ3) is 7.21. The van der Waals surface area contributed by atoms with Gasteiger partial charge in [0.1, 0.15) is 12.6 Å². The topological polar surface area (TPSA) is 149 Å². The molecule has 0 saturated carbocycles. The fourth-order valence-electron chi connectivity index (χ4n) is 3.58. The Kier molecular flexibility index (Phi) is 10.7. The molecule has 0 bridgehead atoms. The lowest BCUT2D eigenvalue weighted by Gasteiger charge is -2.29. The number of hydrogen-bond donors (Lipinski definition) is 3. The molecule has 1 fully saturated rings. The number of nitrogens with two attached hydrogens (primary N) is 1. The predicted molar refractivity (Wildman–Crippen MR) is 120 cm³/mol. The summed E-state index contributed by atoms with van der Waals surface area (Å²) in [5, 5.41) is 5.03. The van der Waals surface area contributed by atoms with Gasteiger partial charge in [0, 0.05) is 36.3 Å². The van der Waals surface area contributed by atoms with Crippen molar-refractivity contribution in [2.45, 2.75) is 25.4 Å². The summed E-state index contributed by atoms with van der Waals surface area (Å²) in [6.45, 7) is 2.41. The van der Waals surface area contributed by atoms with Crippen molar-refractivity contribution in [3.8, 4) is 0 Å². The molecule has 1 aromatic carbocycles. The molecule has 0 aromatic heterocycles. The fraction of sp³-hybridized carbons (Fsp3) is 0.524. The number of ether oxygens (including phenoxy) is 3. The highest BCUT2D eigenvalue weighted by molar-refractivity contribution is 6.06. The van der Waals surface area contributed by atoms with Gasteiger partial charge < -0.3 is 30.2 Å². The van der Waals surface area contributed by atoms with Crippen molar-refractivity contribution in [3.05, 3.63) is 29.3 Å². The number of imide groups is 1. The molecule has 4 N–H and O–H groups in total. The minimum atomic E-state index is -0.708. The summed E-state index contributed by atoms with van der Waals surface area (Å²) >= 11 is 0. The summed E-state index contributed by atoms with van der Waals surface area (Å²) in [7, 11) is 0. The SMILES string of the molecule is Cl.NCCOCCOCCOCC(=O)Nc1cccc2c1CN(C1CCC(=O)NC1=O)C2=O. The van der Waals surface area contributed by atoms with Crippen molar-refractivity contribution >= 4 is 41.7 Å². The van der Waals surface area contributed by atoms with Crippen LogP contribution >= 0.6 is 12.4 Å². The number of fused-ring (bicyclic) bond motifs is 1. The van der Waals surface area contributed by atoms with Gasteiger partial charge in [-0.1, -0.05) is 6.07 Å². The van der Waals surface area contributed by atoms with Gasteiger partial charge in [-0.25, -0.2) is 0 Å². The number of halogens is 1. The van der Waals surface area contributed by atoms with E-state index in [0.29, 0.717) is 49.8 Å². The Morgan fingerprint density at radius 3 is 2.48 bits per heavy atom. The van der Waals surface area contributed by atoms with E-state index in [-0.39, 0.29) is 62.7 Å². The lowest BCUT2D eigenvalue weighted by molar-refractivity contribution is -0.137. The Morgan fingerprint density at radius 2 is 1.79 bits per heavy atom. The largest absolute Gasteiger partial charge is 0.378 e. The van der Waals surface area contributed by atoms with E-state index in [1.165, 1.54) is 4.90 Å². The van der Waals surface area contributed by atoms with E-state index in [4.69, 9.17) is 19.9 Å². The van der Waals surface area contributed by atoms with Gasteiger partial charge in [0.05, 0.1) is 33.0 Å². The first-order chi connectivity index (χ1) is 15.5. The Labute approximate surface area is 197 Å². The first-order valence-corrected chi connectivity index (χ1v) is 10.5. The molecule has 0 aliphatic carbocycles. The highest BCUT2D eigenvalue weighted by Crippen LogP contribution is 2.32. The highest BCUT2D eigenvalue weighted by atomic mass is 35.5. The maximum atomic E-state index is 12.8. The molecule has 4 amide bonds. The molecule has 33 heavy (non-hydrogen) atoms. The molecule has 0 spiro atoms. The van der Waals surface area contributed by atoms with Crippen molar-refractivity contribution in [3.63, 3.8) is 0 Å². The van der Waals surface area contributed by atoms with Crippen LogP contribution in [0.25, 0.3) is 0 Å². The van der Waals surface area contributed by atoms with Crippen LogP contribution in [0.15, 0.2) is 18.2 Å². The molecule has 11 nitrogen and oxygen atoms in total. The Balaban J connectivity index is 0.00000385. The molecule has 1 atom stereocenters. The molecular formula is C21H29ClN4O7. The van der Waals surface area contributed by atoms with Crippen molar-refractivity contribution in [1.29, 1.82) is 0 Å². The summed E-state index contributed by atoms with van der Waals surface area (Å²) in [4.78, 5) is 50.1. The molecule has 182 valence electrons. The molecule has 12 heteroatoms. The van der Waals surface area contributed by atoms with E-state index in [1.54, 1.807) is 18.2 Å². The van der Waals surface area contributed by atoms with Crippen molar-refractivity contribution < 1.29 is 33.4 Å². The maximum absolute atomic E-state index is 12.8. The fourth-order valence-corrected chi connectivity index (χ4v) is 3.58. The van der Waals surface area contributed by atoms with Gasteiger partial charge in [0.2, 0.25) is 17.7 Å². The number of nitrogens with zero attached hydrogens (tertiary/aromatic N) is 1. The van der Waals surface area contributed by atoms with Gasteiger partial charge in [-0.3, -0.25) is 24.5 Å². The van der Waals surface area contributed by atoms with Crippen molar-refractivity contribution in [2.24, 2.45) is 5.73 Å². The van der Waals surface area contributed by atoms with Crippen LogP contribution in [0.3, 0.4) is 0 Å². The Morgan fingerprint density at radius 1 is 1.09 bits per heavy atom. The van der Waals surface area contributed by atoms with Crippen LogP contribution in [0.4, 0.5) is 5.69 Å². The lowest BCUT2D eigenvalue weighted by Crippen LogP contribution is -2.52. The molecule has 2 aliphatic rings. The number of hydrogen-bond acceptors (Lipinski definition) is 8. The second kappa shape index (κ2) is 13.2. The zero-order chi connectivity index (χ0) is 22.9. The molecule has 2 heterocycles. The average molecular weight is 485 g/mol. The number of amides is 4. The van der Waals surface area contributed by atoms with Gasteiger partial charge in [-0.2, -0.15) is 0 Å². The van der Waals surface area contributed by atoms with Crippen LogP contribution in [0.2, 0.25) is 0 Å². The van der Waals surface area contributed by atoms with Crippen LogP contribution in [-0.4, -0.2) is 80.8 Å². The number of carbonyl (C=O) groups is 4. The van der Waals surface area contributed by atoms with Crippen LogP contribution in [0.1, 0.15) is 28.8 Å². The normalized spacial score (nSPS) is 17.4. The number of anilines is 1. The monoisotopic (exact) mass is 484 g/mol.